The third kappa shape index (κ3) is 5.35. The Morgan fingerprint density at radius 3 is 2.53 bits per heavy atom. The van der Waals surface area contributed by atoms with Crippen LogP contribution < -0.4 is 0 Å². The molecule has 1 aromatic carbocycles. The second-order valence-electron chi connectivity index (χ2n) is 3.82. The Balaban J connectivity index is 2.70. The molecule has 19 heavy (non-hydrogen) atoms. The summed E-state index contributed by atoms with van der Waals surface area (Å²) >= 11 is 0. The predicted octanol–water partition coefficient (Wildman–Crippen LogP) is 2.43. The van der Waals surface area contributed by atoms with Crippen LogP contribution in [0.2, 0.25) is 0 Å². The molecule has 0 saturated carbocycles. The van der Waals surface area contributed by atoms with Crippen LogP contribution in [0.4, 0.5) is 0 Å². The zero-order valence-electron chi connectivity index (χ0n) is 10.7. The van der Waals surface area contributed by atoms with Crippen molar-refractivity contribution in [3.8, 4) is 0 Å². The lowest BCUT2D eigenvalue weighted by Gasteiger charge is -2.03. The fourth-order valence-electron chi connectivity index (χ4n) is 1.27. The largest absolute Gasteiger partial charge is 0.477 e. The standard InChI is InChI=1S/C14H16O5/c1-2-3-9-18-19-14(17)12(13(15)16)10-11-7-5-4-6-8-11/h4-8,10H,2-3,9H2,1H3,(H,15,16). The fourth-order valence-corrected chi connectivity index (χ4v) is 1.27. The number of carboxylic acids is 1. The first-order valence-corrected chi connectivity index (χ1v) is 5.99. The van der Waals surface area contributed by atoms with Crippen LogP contribution in [-0.4, -0.2) is 23.7 Å². The van der Waals surface area contributed by atoms with Crippen LogP contribution >= 0.6 is 0 Å². The SMILES string of the molecule is CCCCOOC(=O)C(=Cc1ccccc1)C(=O)O. The van der Waals surface area contributed by atoms with Gasteiger partial charge in [-0.2, -0.15) is 4.89 Å². The van der Waals surface area contributed by atoms with Crippen molar-refractivity contribution in [3.63, 3.8) is 0 Å². The molecule has 0 aliphatic rings. The minimum Gasteiger partial charge on any atom is -0.477 e. The van der Waals surface area contributed by atoms with E-state index in [2.05, 4.69) is 9.78 Å². The highest BCUT2D eigenvalue weighted by Crippen LogP contribution is 2.09. The molecule has 5 nitrogen and oxygen atoms in total. The van der Waals surface area contributed by atoms with Gasteiger partial charge in [0, 0.05) is 0 Å². The van der Waals surface area contributed by atoms with Crippen LogP contribution in [0, 0.1) is 0 Å². The lowest BCUT2D eigenvalue weighted by molar-refractivity contribution is -0.268. The van der Waals surface area contributed by atoms with Gasteiger partial charge in [0.15, 0.2) is 0 Å². The van der Waals surface area contributed by atoms with Crippen molar-refractivity contribution in [1.82, 2.24) is 0 Å². The van der Waals surface area contributed by atoms with Gasteiger partial charge < -0.3 is 5.11 Å². The summed E-state index contributed by atoms with van der Waals surface area (Å²) in [5.74, 6) is -2.36. The number of aliphatic carboxylic acids is 1. The molecule has 0 unspecified atom stereocenters. The summed E-state index contributed by atoms with van der Waals surface area (Å²) in [5.41, 5.74) is 0.133. The average Bonchev–Trinajstić information content (AvgIpc) is 2.41. The van der Waals surface area contributed by atoms with Gasteiger partial charge in [0.05, 0.1) is 6.61 Å². The summed E-state index contributed by atoms with van der Waals surface area (Å²) in [7, 11) is 0. The fraction of sp³-hybridized carbons (Fsp3) is 0.286. The predicted molar refractivity (Wildman–Crippen MR) is 69.0 cm³/mol. The maximum atomic E-state index is 11.6. The first kappa shape index (κ1) is 14.9. The smallest absolute Gasteiger partial charge is 0.380 e. The van der Waals surface area contributed by atoms with Crippen LogP contribution in [0.5, 0.6) is 0 Å². The van der Waals surface area contributed by atoms with Crippen LogP contribution in [0.15, 0.2) is 35.9 Å². The van der Waals surface area contributed by atoms with E-state index in [-0.39, 0.29) is 6.61 Å². The number of carbonyl (C=O) groups is 2. The Labute approximate surface area is 111 Å². The van der Waals surface area contributed by atoms with E-state index in [1.807, 2.05) is 6.92 Å². The molecule has 1 N–H and O–H groups in total. The highest BCUT2D eigenvalue weighted by molar-refractivity contribution is 6.16. The maximum absolute atomic E-state index is 11.6. The molecule has 1 rings (SSSR count). The Bertz CT molecular complexity index is 450. The Morgan fingerprint density at radius 2 is 1.95 bits per heavy atom. The summed E-state index contributed by atoms with van der Waals surface area (Å²) in [6, 6.07) is 8.66. The zero-order valence-corrected chi connectivity index (χ0v) is 10.7. The van der Waals surface area contributed by atoms with Crippen molar-refractivity contribution in [2.75, 3.05) is 6.61 Å². The van der Waals surface area contributed by atoms with E-state index < -0.39 is 17.5 Å². The van der Waals surface area contributed by atoms with Crippen LogP contribution in [-0.2, 0) is 19.4 Å². The first-order valence-electron chi connectivity index (χ1n) is 5.99. The highest BCUT2D eigenvalue weighted by atomic mass is 17.2. The molecular weight excluding hydrogens is 248 g/mol. The summed E-state index contributed by atoms with van der Waals surface area (Å²) in [6.45, 7) is 2.21. The van der Waals surface area contributed by atoms with Gasteiger partial charge in [0.1, 0.15) is 5.57 Å². The number of hydrogen-bond donors (Lipinski definition) is 1. The van der Waals surface area contributed by atoms with Gasteiger partial charge in [-0.15, -0.1) is 0 Å². The minimum absolute atomic E-state index is 0.250. The van der Waals surface area contributed by atoms with Crippen LogP contribution in [0.1, 0.15) is 25.3 Å². The van der Waals surface area contributed by atoms with Crippen molar-refractivity contribution in [2.24, 2.45) is 0 Å². The van der Waals surface area contributed by atoms with Gasteiger partial charge in [0.2, 0.25) is 0 Å². The van der Waals surface area contributed by atoms with Crippen molar-refractivity contribution in [2.45, 2.75) is 19.8 Å². The van der Waals surface area contributed by atoms with Gasteiger partial charge in [-0.1, -0.05) is 43.7 Å². The normalized spacial score (nSPS) is 11.1. The highest BCUT2D eigenvalue weighted by Gasteiger charge is 2.20. The van der Waals surface area contributed by atoms with Gasteiger partial charge in [0.25, 0.3) is 0 Å². The molecule has 0 heterocycles. The van der Waals surface area contributed by atoms with Gasteiger partial charge in [-0.05, 0) is 18.1 Å². The molecule has 1 aromatic rings. The molecule has 102 valence electrons. The third-order valence-electron chi connectivity index (χ3n) is 2.28. The molecule has 0 amide bonds. The Morgan fingerprint density at radius 1 is 1.26 bits per heavy atom. The van der Waals surface area contributed by atoms with Crippen molar-refractivity contribution >= 4 is 18.0 Å². The number of hydrogen-bond acceptors (Lipinski definition) is 4. The average molecular weight is 264 g/mol. The first-order chi connectivity index (χ1) is 9.15. The van der Waals surface area contributed by atoms with Gasteiger partial charge in [-0.25, -0.2) is 9.59 Å². The van der Waals surface area contributed by atoms with E-state index in [1.165, 1.54) is 6.08 Å². The number of carboxylic acid groups (broad SMARTS) is 1. The Hall–Kier alpha value is -2.14. The van der Waals surface area contributed by atoms with Crippen molar-refractivity contribution in [3.05, 3.63) is 41.5 Å². The van der Waals surface area contributed by atoms with Gasteiger partial charge in [-0.3, -0.25) is 4.89 Å². The topological polar surface area (TPSA) is 72.8 Å². The molecule has 0 aliphatic heterocycles. The third-order valence-corrected chi connectivity index (χ3v) is 2.28. The number of unbranched alkanes of at least 4 members (excludes halogenated alkanes) is 1. The van der Waals surface area contributed by atoms with E-state index in [0.29, 0.717) is 5.56 Å². The number of carbonyl (C=O) groups excluding carboxylic acids is 1. The minimum atomic E-state index is -1.35. The number of benzene rings is 1. The lowest BCUT2D eigenvalue weighted by atomic mass is 10.1. The maximum Gasteiger partial charge on any atom is 0.380 e. The Kier molecular flexibility index (Phi) is 6.32. The van der Waals surface area contributed by atoms with Crippen molar-refractivity contribution < 1.29 is 24.5 Å². The monoisotopic (exact) mass is 264 g/mol. The van der Waals surface area contributed by atoms with Gasteiger partial charge >= 0.3 is 11.9 Å². The molecular formula is C14H16O5. The zero-order chi connectivity index (χ0) is 14.1. The number of rotatable bonds is 7. The van der Waals surface area contributed by atoms with Crippen LogP contribution in [0.3, 0.4) is 0 Å². The second-order valence-corrected chi connectivity index (χ2v) is 3.82. The van der Waals surface area contributed by atoms with E-state index >= 15 is 0 Å². The molecule has 0 spiro atoms. The summed E-state index contributed by atoms with van der Waals surface area (Å²) in [4.78, 5) is 31.7. The quantitative estimate of drug-likeness (QED) is 0.204. The molecule has 0 saturated heterocycles. The molecule has 0 aliphatic carbocycles. The molecule has 0 fully saturated rings. The van der Waals surface area contributed by atoms with E-state index in [4.69, 9.17) is 5.11 Å². The molecule has 5 heteroatoms. The summed E-state index contributed by atoms with van der Waals surface area (Å²) < 4.78 is 0. The molecule has 0 radical (unpaired) electrons. The summed E-state index contributed by atoms with van der Waals surface area (Å²) in [6.07, 6.45) is 2.87. The van der Waals surface area contributed by atoms with Crippen LogP contribution in [0.25, 0.3) is 6.08 Å². The summed E-state index contributed by atoms with van der Waals surface area (Å²) in [5, 5.41) is 8.98. The lowest BCUT2D eigenvalue weighted by Crippen LogP contribution is -2.16. The molecule has 0 bridgehead atoms. The van der Waals surface area contributed by atoms with E-state index in [0.717, 1.165) is 12.8 Å². The van der Waals surface area contributed by atoms with Crippen molar-refractivity contribution in [1.29, 1.82) is 0 Å². The van der Waals surface area contributed by atoms with E-state index in [1.54, 1.807) is 30.3 Å². The molecule has 0 aromatic heterocycles. The van der Waals surface area contributed by atoms with E-state index in [9.17, 15) is 9.59 Å². The molecule has 0 atom stereocenters. The second kappa shape index (κ2) is 8.05.